The highest BCUT2D eigenvalue weighted by atomic mass is 16.1. The number of nitrogens with zero attached hydrogens (tertiary/aromatic N) is 7. The molecule has 0 bridgehead atoms. The van der Waals surface area contributed by atoms with Crippen LogP contribution in [0.25, 0.3) is 16.9 Å². The van der Waals surface area contributed by atoms with Gasteiger partial charge in [0.05, 0.1) is 14.1 Å². The highest BCUT2D eigenvalue weighted by Gasteiger charge is 2.24. The Kier molecular flexibility index (Phi) is 5.59. The zero-order chi connectivity index (χ0) is 24.7. The van der Waals surface area contributed by atoms with E-state index in [2.05, 4.69) is 33.9 Å². The van der Waals surface area contributed by atoms with Crippen LogP contribution in [0.1, 0.15) is 31.0 Å². The average Bonchev–Trinajstić information content (AvgIpc) is 3.16. The molecule has 0 saturated heterocycles. The summed E-state index contributed by atoms with van der Waals surface area (Å²) >= 11 is 0. The van der Waals surface area contributed by atoms with Gasteiger partial charge in [0.2, 0.25) is 11.8 Å². The molecule has 10 heteroatoms. The number of benzene rings is 1. The number of fused-ring (bicyclic) bond motifs is 2. The summed E-state index contributed by atoms with van der Waals surface area (Å²) in [6.45, 7) is 5.69. The topological polar surface area (TPSA) is 113 Å². The second-order valence-corrected chi connectivity index (χ2v) is 9.43. The lowest BCUT2D eigenvalue weighted by Crippen LogP contribution is -2.35. The molecule has 1 aliphatic heterocycles. The quantitative estimate of drug-likeness (QED) is 0.340. The van der Waals surface area contributed by atoms with Crippen molar-refractivity contribution in [2.75, 3.05) is 26.0 Å². The van der Waals surface area contributed by atoms with Crippen LogP contribution in [0.4, 0.5) is 17.5 Å². The fourth-order valence-corrected chi connectivity index (χ4v) is 4.33. The van der Waals surface area contributed by atoms with E-state index in [1.807, 2.05) is 32.0 Å². The SMILES string of the molecule is CC(C)n1c(=O)c2cnc(Nc3ccc4c(c3)CNCC4)nc2n1-c1cccc([N+](C)(C)C#N)n1. The largest absolute Gasteiger partial charge is 0.324 e. The van der Waals surface area contributed by atoms with E-state index in [0.29, 0.717) is 28.6 Å². The van der Waals surface area contributed by atoms with Crippen LogP contribution in [0.3, 0.4) is 0 Å². The van der Waals surface area contributed by atoms with Gasteiger partial charge in [-0.1, -0.05) is 12.1 Å². The summed E-state index contributed by atoms with van der Waals surface area (Å²) in [5.74, 6) is 1.46. The van der Waals surface area contributed by atoms with E-state index in [1.165, 1.54) is 11.1 Å². The van der Waals surface area contributed by atoms with Crippen LogP contribution in [0.5, 0.6) is 0 Å². The Labute approximate surface area is 203 Å². The molecule has 35 heavy (non-hydrogen) atoms. The first-order chi connectivity index (χ1) is 16.8. The first-order valence-electron chi connectivity index (χ1n) is 11.6. The maximum Gasteiger partial charge on any atom is 0.315 e. The Morgan fingerprint density at radius 3 is 2.77 bits per heavy atom. The molecule has 0 radical (unpaired) electrons. The summed E-state index contributed by atoms with van der Waals surface area (Å²) in [7, 11) is 3.52. The molecule has 0 amide bonds. The molecule has 4 heterocycles. The normalized spacial score (nSPS) is 13.6. The molecule has 0 unspecified atom stereocenters. The molecule has 0 saturated carbocycles. The minimum Gasteiger partial charge on any atom is -0.324 e. The van der Waals surface area contributed by atoms with Crippen LogP contribution < -0.4 is 20.7 Å². The van der Waals surface area contributed by atoms with Gasteiger partial charge in [0, 0.05) is 30.5 Å². The summed E-state index contributed by atoms with van der Waals surface area (Å²) in [5, 5.41) is 16.6. The van der Waals surface area contributed by atoms with Crippen molar-refractivity contribution in [3.63, 3.8) is 0 Å². The van der Waals surface area contributed by atoms with E-state index >= 15 is 0 Å². The van der Waals surface area contributed by atoms with E-state index in [-0.39, 0.29) is 16.1 Å². The molecule has 1 aromatic carbocycles. The Bertz CT molecular complexity index is 1520. The molecule has 5 rings (SSSR count). The molecule has 0 spiro atoms. The van der Waals surface area contributed by atoms with Crippen molar-refractivity contribution in [1.29, 1.82) is 5.26 Å². The lowest BCUT2D eigenvalue weighted by atomic mass is 10.0. The number of quaternary nitrogens is 1. The van der Waals surface area contributed by atoms with Gasteiger partial charge in [-0.3, -0.25) is 4.79 Å². The van der Waals surface area contributed by atoms with Crippen LogP contribution in [0.2, 0.25) is 0 Å². The highest BCUT2D eigenvalue weighted by Crippen LogP contribution is 2.24. The van der Waals surface area contributed by atoms with Gasteiger partial charge in [0.25, 0.3) is 5.56 Å². The van der Waals surface area contributed by atoms with Gasteiger partial charge in [-0.15, -0.1) is 5.26 Å². The molecule has 2 N–H and O–H groups in total. The Hall–Kier alpha value is -4.07. The predicted octanol–water partition coefficient (Wildman–Crippen LogP) is 3.00. The Balaban J connectivity index is 1.63. The number of aromatic nitrogens is 5. The summed E-state index contributed by atoms with van der Waals surface area (Å²) in [5.41, 5.74) is 3.75. The third-order valence-corrected chi connectivity index (χ3v) is 6.22. The van der Waals surface area contributed by atoms with E-state index in [1.54, 1.807) is 35.7 Å². The third kappa shape index (κ3) is 4.05. The molecule has 0 atom stereocenters. The van der Waals surface area contributed by atoms with Gasteiger partial charge in [0.1, 0.15) is 5.39 Å². The van der Waals surface area contributed by atoms with Crippen molar-refractivity contribution in [3.05, 3.63) is 64.1 Å². The molecular weight excluding hydrogens is 442 g/mol. The van der Waals surface area contributed by atoms with Crippen LogP contribution in [-0.4, -0.2) is 45.0 Å². The first kappa shape index (κ1) is 22.7. The molecule has 4 aromatic rings. The Morgan fingerprint density at radius 2 is 2.00 bits per heavy atom. The van der Waals surface area contributed by atoms with Gasteiger partial charge < -0.3 is 10.6 Å². The van der Waals surface area contributed by atoms with Crippen LogP contribution in [0.15, 0.2) is 47.4 Å². The Morgan fingerprint density at radius 1 is 1.17 bits per heavy atom. The molecule has 1 aliphatic rings. The van der Waals surface area contributed by atoms with Gasteiger partial charge in [-0.05, 0) is 56.1 Å². The maximum absolute atomic E-state index is 13.3. The standard InChI is InChI=1S/C25H27N9O/c1-16(2)32-24(35)20-14-28-25(29-19-9-8-17-10-11-27-13-18(17)12-19)31-23(20)33(32)21-6-5-7-22(30-21)34(3,4)15-26/h5-9,12,14,16,27H,10-11,13H2,1-4H3/p+1. The summed E-state index contributed by atoms with van der Waals surface area (Å²) in [6, 6.07) is 11.5. The zero-order valence-electron chi connectivity index (χ0n) is 20.3. The number of hydrogen-bond donors (Lipinski definition) is 2. The van der Waals surface area contributed by atoms with Crippen molar-refractivity contribution < 1.29 is 0 Å². The highest BCUT2D eigenvalue weighted by molar-refractivity contribution is 5.77. The number of pyridine rings is 1. The predicted molar refractivity (Wildman–Crippen MR) is 136 cm³/mol. The second-order valence-electron chi connectivity index (χ2n) is 9.43. The monoisotopic (exact) mass is 470 g/mol. The molecule has 0 fully saturated rings. The molecular formula is C25H28N9O+. The lowest BCUT2D eigenvalue weighted by Gasteiger charge is -2.19. The number of nitriles is 1. The molecule has 178 valence electrons. The summed E-state index contributed by atoms with van der Waals surface area (Å²) < 4.78 is 3.27. The minimum absolute atomic E-state index is 0.0616. The average molecular weight is 471 g/mol. The van der Waals surface area contributed by atoms with Crippen molar-refractivity contribution in [2.24, 2.45) is 0 Å². The number of nitrogens with one attached hydrogen (secondary N) is 2. The van der Waals surface area contributed by atoms with Crippen molar-refractivity contribution >= 4 is 28.5 Å². The zero-order valence-corrected chi connectivity index (χ0v) is 20.3. The van der Waals surface area contributed by atoms with Gasteiger partial charge >= 0.3 is 6.19 Å². The van der Waals surface area contributed by atoms with Crippen LogP contribution in [0, 0.1) is 11.5 Å². The van der Waals surface area contributed by atoms with Gasteiger partial charge in [0.15, 0.2) is 11.5 Å². The summed E-state index contributed by atoms with van der Waals surface area (Å²) in [4.78, 5) is 27.2. The third-order valence-electron chi connectivity index (χ3n) is 6.22. The summed E-state index contributed by atoms with van der Waals surface area (Å²) in [6.07, 6.45) is 4.80. The second kappa shape index (κ2) is 8.61. The smallest absolute Gasteiger partial charge is 0.315 e. The molecule has 3 aromatic heterocycles. The van der Waals surface area contributed by atoms with Gasteiger partial charge in [-0.25, -0.2) is 14.3 Å². The van der Waals surface area contributed by atoms with E-state index < -0.39 is 0 Å². The van der Waals surface area contributed by atoms with Crippen molar-refractivity contribution in [1.82, 2.24) is 34.1 Å². The maximum atomic E-state index is 13.3. The number of anilines is 2. The minimum atomic E-state index is -0.192. The van der Waals surface area contributed by atoms with Gasteiger partial charge in [-0.2, -0.15) is 14.5 Å². The van der Waals surface area contributed by atoms with E-state index in [0.717, 1.165) is 25.2 Å². The van der Waals surface area contributed by atoms with E-state index in [9.17, 15) is 10.1 Å². The number of hydrogen-bond acceptors (Lipinski definition) is 7. The fourth-order valence-electron chi connectivity index (χ4n) is 4.33. The molecule has 0 aliphatic carbocycles. The van der Waals surface area contributed by atoms with Crippen molar-refractivity contribution in [2.45, 2.75) is 32.9 Å². The van der Waals surface area contributed by atoms with Crippen LogP contribution in [-0.2, 0) is 13.0 Å². The molecule has 10 nitrogen and oxygen atoms in total. The van der Waals surface area contributed by atoms with Crippen LogP contribution >= 0.6 is 0 Å². The number of rotatable bonds is 5. The fraction of sp³-hybridized carbons (Fsp3) is 0.320. The van der Waals surface area contributed by atoms with E-state index in [4.69, 9.17) is 9.97 Å². The lowest BCUT2D eigenvalue weighted by molar-refractivity contribution is 0.469. The first-order valence-corrected chi connectivity index (χ1v) is 11.6. The van der Waals surface area contributed by atoms with Crippen molar-refractivity contribution in [3.8, 4) is 12.0 Å².